The summed E-state index contributed by atoms with van der Waals surface area (Å²) in [5, 5.41) is 6.88. The summed E-state index contributed by atoms with van der Waals surface area (Å²) in [5.74, 6) is 1.70. The Morgan fingerprint density at radius 2 is 2.00 bits per heavy atom. The fourth-order valence-electron chi connectivity index (χ4n) is 2.16. The minimum absolute atomic E-state index is 0.595. The third kappa shape index (κ3) is 5.00. The number of pyridine rings is 1. The number of rotatable bonds is 6. The highest BCUT2D eigenvalue weighted by molar-refractivity contribution is 7.80. The van der Waals surface area contributed by atoms with Gasteiger partial charge < -0.3 is 15.4 Å². The minimum atomic E-state index is 0.595. The van der Waals surface area contributed by atoms with E-state index in [0.717, 1.165) is 36.6 Å². The van der Waals surface area contributed by atoms with Gasteiger partial charge in [0, 0.05) is 12.2 Å². The first kappa shape index (κ1) is 16.2. The number of aryl methyl sites for hydroxylation is 2. The lowest BCUT2D eigenvalue weighted by atomic mass is 10.1. The van der Waals surface area contributed by atoms with Crippen molar-refractivity contribution in [1.82, 2.24) is 10.3 Å². The van der Waals surface area contributed by atoms with Crippen molar-refractivity contribution in [2.75, 3.05) is 19.0 Å². The number of thiocarbonyl (C=S) groups is 1. The second-order valence-corrected chi connectivity index (χ2v) is 5.37. The number of anilines is 1. The summed E-state index contributed by atoms with van der Waals surface area (Å²) in [5.41, 5.74) is 2.18. The summed E-state index contributed by atoms with van der Waals surface area (Å²) < 4.78 is 5.35. The Labute approximate surface area is 136 Å². The van der Waals surface area contributed by atoms with E-state index in [9.17, 15) is 0 Å². The van der Waals surface area contributed by atoms with Gasteiger partial charge >= 0.3 is 0 Å². The Hall–Kier alpha value is -2.14. The highest BCUT2D eigenvalue weighted by Gasteiger charge is 2.02. The molecule has 5 heteroatoms. The summed E-state index contributed by atoms with van der Waals surface area (Å²) >= 11 is 5.27. The van der Waals surface area contributed by atoms with Crippen molar-refractivity contribution in [1.29, 1.82) is 0 Å². The van der Waals surface area contributed by atoms with Gasteiger partial charge in [-0.2, -0.15) is 0 Å². The number of hydrogen-bond donors (Lipinski definition) is 2. The monoisotopic (exact) mass is 315 g/mol. The van der Waals surface area contributed by atoms with E-state index in [1.807, 2.05) is 43.3 Å². The van der Waals surface area contributed by atoms with E-state index in [2.05, 4.69) is 21.7 Å². The summed E-state index contributed by atoms with van der Waals surface area (Å²) in [6, 6.07) is 13.9. The molecule has 0 aliphatic rings. The highest BCUT2D eigenvalue weighted by Crippen LogP contribution is 2.18. The molecule has 0 bridgehead atoms. The number of methoxy groups -OCH3 is 1. The number of ether oxygens (including phenoxy) is 1. The number of hydrogen-bond acceptors (Lipinski definition) is 3. The second-order valence-electron chi connectivity index (χ2n) is 4.96. The number of nitrogens with zero attached hydrogens (tertiary/aromatic N) is 1. The Bertz CT molecular complexity index is 631. The fraction of sp³-hybridized carbons (Fsp3) is 0.294. The summed E-state index contributed by atoms with van der Waals surface area (Å²) in [7, 11) is 1.70. The van der Waals surface area contributed by atoms with Crippen LogP contribution in [-0.2, 0) is 6.42 Å². The molecule has 0 spiro atoms. The van der Waals surface area contributed by atoms with Crippen molar-refractivity contribution >= 4 is 23.1 Å². The van der Waals surface area contributed by atoms with Crippen molar-refractivity contribution in [2.24, 2.45) is 0 Å². The van der Waals surface area contributed by atoms with E-state index in [-0.39, 0.29) is 0 Å². The number of benzene rings is 1. The zero-order valence-corrected chi connectivity index (χ0v) is 13.7. The van der Waals surface area contributed by atoms with Gasteiger partial charge in [-0.25, -0.2) is 4.98 Å². The van der Waals surface area contributed by atoms with Crippen LogP contribution in [0.3, 0.4) is 0 Å². The molecule has 116 valence electrons. The largest absolute Gasteiger partial charge is 0.496 e. The van der Waals surface area contributed by atoms with Crippen molar-refractivity contribution < 1.29 is 4.74 Å². The topological polar surface area (TPSA) is 46.2 Å². The molecule has 1 heterocycles. The Balaban J connectivity index is 1.73. The van der Waals surface area contributed by atoms with E-state index in [0.29, 0.717) is 5.11 Å². The van der Waals surface area contributed by atoms with Crippen LogP contribution < -0.4 is 15.4 Å². The first-order chi connectivity index (χ1) is 10.7. The maximum Gasteiger partial charge on any atom is 0.171 e. The van der Waals surface area contributed by atoms with Gasteiger partial charge in [0.25, 0.3) is 0 Å². The molecule has 0 amide bonds. The van der Waals surface area contributed by atoms with E-state index >= 15 is 0 Å². The van der Waals surface area contributed by atoms with Crippen LogP contribution in [-0.4, -0.2) is 23.8 Å². The molecular formula is C17H21N3OS. The maximum absolute atomic E-state index is 5.35. The van der Waals surface area contributed by atoms with E-state index in [4.69, 9.17) is 17.0 Å². The van der Waals surface area contributed by atoms with Crippen LogP contribution in [0, 0.1) is 6.92 Å². The molecule has 1 aromatic carbocycles. The molecule has 0 fully saturated rings. The summed E-state index contributed by atoms with van der Waals surface area (Å²) in [4.78, 5) is 4.36. The zero-order valence-electron chi connectivity index (χ0n) is 12.9. The summed E-state index contributed by atoms with van der Waals surface area (Å²) in [6.07, 6.45) is 1.92. The normalized spacial score (nSPS) is 10.1. The molecule has 0 saturated heterocycles. The quantitative estimate of drug-likeness (QED) is 0.632. The molecule has 0 radical (unpaired) electrons. The molecule has 4 nitrogen and oxygen atoms in total. The standard InChI is InChI=1S/C17H21N3OS/c1-13-7-5-11-16(19-13)20-17(22)18-12-6-9-14-8-3-4-10-15(14)21-2/h3-5,7-8,10-11H,6,9,12H2,1-2H3,(H2,18,19,20,22). The van der Waals surface area contributed by atoms with Gasteiger partial charge in [0.05, 0.1) is 7.11 Å². The van der Waals surface area contributed by atoms with Crippen LogP contribution in [0.2, 0.25) is 0 Å². The molecular weight excluding hydrogens is 294 g/mol. The molecule has 0 aliphatic heterocycles. The number of para-hydroxylation sites is 1. The third-order valence-corrected chi connectivity index (χ3v) is 3.48. The number of aromatic nitrogens is 1. The van der Waals surface area contributed by atoms with Crippen molar-refractivity contribution in [3.05, 3.63) is 53.7 Å². The summed E-state index contributed by atoms with van der Waals surface area (Å²) in [6.45, 7) is 2.75. The molecule has 22 heavy (non-hydrogen) atoms. The lowest BCUT2D eigenvalue weighted by Crippen LogP contribution is -2.29. The van der Waals surface area contributed by atoms with Gasteiger partial charge in [-0.05, 0) is 55.7 Å². The predicted octanol–water partition coefficient (Wildman–Crippen LogP) is 3.32. The smallest absolute Gasteiger partial charge is 0.171 e. The average Bonchev–Trinajstić information content (AvgIpc) is 2.52. The van der Waals surface area contributed by atoms with Crippen LogP contribution in [0.4, 0.5) is 5.82 Å². The first-order valence-corrected chi connectivity index (χ1v) is 7.70. The SMILES string of the molecule is COc1ccccc1CCCNC(=S)Nc1cccc(C)n1. The van der Waals surface area contributed by atoms with Crippen molar-refractivity contribution in [2.45, 2.75) is 19.8 Å². The first-order valence-electron chi connectivity index (χ1n) is 7.29. The third-order valence-electron chi connectivity index (χ3n) is 3.23. The van der Waals surface area contributed by atoms with Crippen LogP contribution in [0.5, 0.6) is 5.75 Å². The molecule has 0 aliphatic carbocycles. The van der Waals surface area contributed by atoms with Crippen molar-refractivity contribution in [3.63, 3.8) is 0 Å². The molecule has 1 aromatic heterocycles. The van der Waals surface area contributed by atoms with E-state index < -0.39 is 0 Å². The Morgan fingerprint density at radius 1 is 1.18 bits per heavy atom. The molecule has 2 N–H and O–H groups in total. The maximum atomic E-state index is 5.35. The van der Waals surface area contributed by atoms with Crippen LogP contribution in [0.1, 0.15) is 17.7 Å². The van der Waals surface area contributed by atoms with Gasteiger partial charge in [-0.1, -0.05) is 24.3 Å². The lowest BCUT2D eigenvalue weighted by molar-refractivity contribution is 0.409. The van der Waals surface area contributed by atoms with Crippen LogP contribution >= 0.6 is 12.2 Å². The van der Waals surface area contributed by atoms with Crippen LogP contribution in [0.15, 0.2) is 42.5 Å². The predicted molar refractivity (Wildman–Crippen MR) is 94.5 cm³/mol. The molecule has 0 unspecified atom stereocenters. The van der Waals surface area contributed by atoms with Gasteiger partial charge in [-0.3, -0.25) is 0 Å². The fourth-order valence-corrected chi connectivity index (χ4v) is 2.37. The van der Waals surface area contributed by atoms with Gasteiger partial charge in [0.15, 0.2) is 5.11 Å². The molecule has 2 rings (SSSR count). The molecule has 2 aromatic rings. The lowest BCUT2D eigenvalue weighted by Gasteiger charge is -2.11. The van der Waals surface area contributed by atoms with Gasteiger partial charge in [-0.15, -0.1) is 0 Å². The Morgan fingerprint density at radius 3 is 2.77 bits per heavy atom. The minimum Gasteiger partial charge on any atom is -0.496 e. The van der Waals surface area contributed by atoms with Crippen LogP contribution in [0.25, 0.3) is 0 Å². The van der Waals surface area contributed by atoms with E-state index in [1.165, 1.54) is 5.56 Å². The second kappa shape index (κ2) is 8.34. The average molecular weight is 315 g/mol. The molecule has 0 atom stereocenters. The zero-order chi connectivity index (χ0) is 15.8. The van der Waals surface area contributed by atoms with E-state index in [1.54, 1.807) is 7.11 Å². The van der Waals surface area contributed by atoms with Crippen molar-refractivity contribution in [3.8, 4) is 5.75 Å². The Kier molecular flexibility index (Phi) is 6.15. The molecule has 0 saturated carbocycles. The van der Waals surface area contributed by atoms with Gasteiger partial charge in [0.1, 0.15) is 11.6 Å². The number of nitrogens with one attached hydrogen (secondary N) is 2. The van der Waals surface area contributed by atoms with Gasteiger partial charge in [0.2, 0.25) is 0 Å². The highest BCUT2D eigenvalue weighted by atomic mass is 32.1.